The zero-order valence-corrected chi connectivity index (χ0v) is 9.69. The second-order valence-electron chi connectivity index (χ2n) is 3.91. The van der Waals surface area contributed by atoms with Crippen LogP contribution in [0.1, 0.15) is 0 Å². The van der Waals surface area contributed by atoms with Gasteiger partial charge in [0.15, 0.2) is 0 Å². The zero-order valence-electron chi connectivity index (χ0n) is 9.69. The highest BCUT2D eigenvalue weighted by molar-refractivity contribution is 5.67. The van der Waals surface area contributed by atoms with Crippen LogP contribution in [0, 0.1) is 0 Å². The Bertz CT molecular complexity index is 617. The molecule has 0 radical (unpaired) electrons. The molecule has 0 fully saturated rings. The molecule has 3 aromatic rings. The molecule has 0 atom stereocenters. The van der Waals surface area contributed by atoms with E-state index >= 15 is 0 Å². The third-order valence-corrected chi connectivity index (χ3v) is 2.64. The largest absolute Gasteiger partial charge is 0.277 e. The molecule has 2 aromatic carbocycles. The lowest BCUT2D eigenvalue weighted by molar-refractivity contribution is 0.745. The number of hydrogen-bond acceptors (Lipinski definition) is 3. The van der Waals surface area contributed by atoms with Crippen molar-refractivity contribution in [3.63, 3.8) is 0 Å². The van der Waals surface area contributed by atoms with E-state index in [4.69, 9.17) is 0 Å². The minimum absolute atomic E-state index is 0.974. The molecule has 4 heteroatoms. The van der Waals surface area contributed by atoms with Crippen LogP contribution in [-0.2, 0) is 0 Å². The number of anilines is 1. The van der Waals surface area contributed by atoms with Crippen LogP contribution in [0.15, 0.2) is 67.0 Å². The predicted molar refractivity (Wildman–Crippen MR) is 70.9 cm³/mol. The lowest BCUT2D eigenvalue weighted by atomic mass is 10.1. The van der Waals surface area contributed by atoms with Crippen molar-refractivity contribution >= 4 is 5.69 Å². The van der Waals surface area contributed by atoms with E-state index in [1.165, 1.54) is 11.1 Å². The van der Waals surface area contributed by atoms with Gasteiger partial charge in [0.2, 0.25) is 0 Å². The lowest BCUT2D eigenvalue weighted by Gasteiger charge is -2.07. The van der Waals surface area contributed by atoms with E-state index in [0.717, 1.165) is 5.69 Å². The average molecular weight is 236 g/mol. The average Bonchev–Trinajstić information content (AvgIpc) is 2.93. The van der Waals surface area contributed by atoms with Crippen molar-refractivity contribution in [3.05, 3.63) is 67.0 Å². The van der Waals surface area contributed by atoms with Gasteiger partial charge in [-0.15, -0.1) is 5.10 Å². The van der Waals surface area contributed by atoms with Crippen LogP contribution in [0.3, 0.4) is 0 Å². The Labute approximate surface area is 105 Å². The van der Waals surface area contributed by atoms with Crippen molar-refractivity contribution in [2.24, 2.45) is 0 Å². The van der Waals surface area contributed by atoms with Crippen LogP contribution in [0.4, 0.5) is 5.69 Å². The first-order valence-corrected chi connectivity index (χ1v) is 5.71. The smallest absolute Gasteiger partial charge is 0.0715 e. The fraction of sp³-hybridized carbons (Fsp3) is 0. The summed E-state index contributed by atoms with van der Waals surface area (Å²) in [5.41, 5.74) is 6.47. The summed E-state index contributed by atoms with van der Waals surface area (Å²) in [6.07, 6.45) is 3.39. The summed E-state index contributed by atoms with van der Waals surface area (Å²) in [5, 5.41) is 7.62. The maximum Gasteiger partial charge on any atom is 0.0715 e. The van der Waals surface area contributed by atoms with Crippen molar-refractivity contribution in [2.75, 3.05) is 5.43 Å². The predicted octanol–water partition coefficient (Wildman–Crippen LogP) is 2.82. The van der Waals surface area contributed by atoms with Crippen molar-refractivity contribution in [3.8, 4) is 11.1 Å². The molecule has 1 heterocycles. The summed E-state index contributed by atoms with van der Waals surface area (Å²) in [6, 6.07) is 18.4. The Hall–Kier alpha value is -2.62. The maximum absolute atomic E-state index is 3.87. The second-order valence-corrected chi connectivity index (χ2v) is 3.91. The van der Waals surface area contributed by atoms with Gasteiger partial charge in [-0.2, -0.15) is 4.79 Å². The van der Waals surface area contributed by atoms with Gasteiger partial charge in [0.1, 0.15) is 0 Å². The van der Waals surface area contributed by atoms with Crippen LogP contribution in [0.2, 0.25) is 0 Å². The van der Waals surface area contributed by atoms with E-state index in [2.05, 4.69) is 40.0 Å². The molecular weight excluding hydrogens is 224 g/mol. The van der Waals surface area contributed by atoms with Crippen molar-refractivity contribution < 1.29 is 0 Å². The Morgan fingerprint density at radius 2 is 1.72 bits per heavy atom. The van der Waals surface area contributed by atoms with Crippen LogP contribution >= 0.6 is 0 Å². The van der Waals surface area contributed by atoms with Gasteiger partial charge in [-0.25, -0.2) is 0 Å². The summed E-state index contributed by atoms with van der Waals surface area (Å²) in [4.78, 5) is 1.57. The van der Waals surface area contributed by atoms with Gasteiger partial charge in [-0.3, -0.25) is 5.43 Å². The summed E-state index contributed by atoms with van der Waals surface area (Å²) < 4.78 is 0. The molecule has 0 aliphatic rings. The molecule has 4 nitrogen and oxygen atoms in total. The van der Waals surface area contributed by atoms with Gasteiger partial charge < -0.3 is 0 Å². The highest BCUT2D eigenvalue weighted by Crippen LogP contribution is 2.22. The fourth-order valence-corrected chi connectivity index (χ4v) is 1.80. The molecule has 1 aromatic heterocycles. The maximum atomic E-state index is 3.87. The Kier molecular flexibility index (Phi) is 2.75. The normalized spacial score (nSPS) is 10.2. The minimum Gasteiger partial charge on any atom is -0.277 e. The number of aromatic nitrogens is 3. The van der Waals surface area contributed by atoms with Crippen molar-refractivity contribution in [1.29, 1.82) is 0 Å². The first-order valence-electron chi connectivity index (χ1n) is 5.71. The van der Waals surface area contributed by atoms with Crippen LogP contribution in [0.25, 0.3) is 11.1 Å². The van der Waals surface area contributed by atoms with Gasteiger partial charge >= 0.3 is 0 Å². The molecule has 1 N–H and O–H groups in total. The standard InChI is InChI=1S/C14H12N4/c1-2-5-12(6-3-1)13-7-4-8-14(11-13)16-18-10-9-15-17-18/h1-11,16H. The highest BCUT2D eigenvalue weighted by atomic mass is 15.6. The molecule has 0 unspecified atom stereocenters. The summed E-state index contributed by atoms with van der Waals surface area (Å²) in [5.74, 6) is 0. The summed E-state index contributed by atoms with van der Waals surface area (Å²) >= 11 is 0. The van der Waals surface area contributed by atoms with Gasteiger partial charge in [-0.1, -0.05) is 42.5 Å². The number of nitrogens with zero attached hydrogens (tertiary/aromatic N) is 3. The van der Waals surface area contributed by atoms with Crippen LogP contribution in [-0.4, -0.2) is 15.1 Å². The number of rotatable bonds is 3. The van der Waals surface area contributed by atoms with Gasteiger partial charge in [0.25, 0.3) is 0 Å². The highest BCUT2D eigenvalue weighted by Gasteiger charge is 1.99. The van der Waals surface area contributed by atoms with Gasteiger partial charge in [0.05, 0.1) is 18.1 Å². The van der Waals surface area contributed by atoms with E-state index in [1.54, 1.807) is 17.2 Å². The molecule has 0 saturated carbocycles. The van der Waals surface area contributed by atoms with E-state index in [1.807, 2.05) is 30.3 Å². The fourth-order valence-electron chi connectivity index (χ4n) is 1.80. The third kappa shape index (κ3) is 2.22. The molecule has 0 bridgehead atoms. The first kappa shape index (κ1) is 10.5. The van der Waals surface area contributed by atoms with Crippen LogP contribution < -0.4 is 5.43 Å². The van der Waals surface area contributed by atoms with Crippen LogP contribution in [0.5, 0.6) is 0 Å². The summed E-state index contributed by atoms with van der Waals surface area (Å²) in [6.45, 7) is 0. The van der Waals surface area contributed by atoms with E-state index in [-0.39, 0.29) is 0 Å². The first-order chi connectivity index (χ1) is 8.92. The Morgan fingerprint density at radius 3 is 2.50 bits per heavy atom. The lowest BCUT2D eigenvalue weighted by Crippen LogP contribution is -2.09. The molecule has 0 saturated heterocycles. The molecular formula is C14H12N4. The number of benzene rings is 2. The zero-order chi connectivity index (χ0) is 12.2. The van der Waals surface area contributed by atoms with E-state index in [9.17, 15) is 0 Å². The molecule has 0 aliphatic carbocycles. The molecule has 0 aliphatic heterocycles. The number of hydrogen-bond donors (Lipinski definition) is 1. The quantitative estimate of drug-likeness (QED) is 0.760. The molecule has 3 rings (SSSR count). The van der Waals surface area contributed by atoms with Crippen molar-refractivity contribution in [1.82, 2.24) is 15.1 Å². The minimum atomic E-state index is 0.974. The van der Waals surface area contributed by atoms with E-state index < -0.39 is 0 Å². The molecule has 18 heavy (non-hydrogen) atoms. The van der Waals surface area contributed by atoms with Gasteiger partial charge in [-0.05, 0) is 28.5 Å². The van der Waals surface area contributed by atoms with Crippen molar-refractivity contribution in [2.45, 2.75) is 0 Å². The number of nitrogens with one attached hydrogen (secondary N) is 1. The SMILES string of the molecule is c1ccc(-c2cccc(Nn3ccnn3)c2)cc1. The molecule has 0 amide bonds. The molecule has 88 valence electrons. The Morgan fingerprint density at radius 1 is 0.889 bits per heavy atom. The third-order valence-electron chi connectivity index (χ3n) is 2.64. The molecule has 0 spiro atoms. The monoisotopic (exact) mass is 236 g/mol. The topological polar surface area (TPSA) is 42.7 Å². The second kappa shape index (κ2) is 4.71. The van der Waals surface area contributed by atoms with E-state index in [0.29, 0.717) is 0 Å². The summed E-state index contributed by atoms with van der Waals surface area (Å²) in [7, 11) is 0. The van der Waals surface area contributed by atoms with Gasteiger partial charge in [0, 0.05) is 0 Å². The Balaban J connectivity index is 1.90.